The van der Waals surface area contributed by atoms with Crippen molar-refractivity contribution in [1.82, 2.24) is 34.3 Å². The number of ether oxygens (including phenoxy) is 1. The van der Waals surface area contributed by atoms with Crippen LogP contribution in [0.4, 0.5) is 14.6 Å². The van der Waals surface area contributed by atoms with Gasteiger partial charge in [-0.25, -0.2) is 14.2 Å². The summed E-state index contributed by atoms with van der Waals surface area (Å²) >= 11 is 0. The summed E-state index contributed by atoms with van der Waals surface area (Å²) in [6.07, 6.45) is 6.56. The van der Waals surface area contributed by atoms with Crippen LogP contribution in [-0.2, 0) is 4.74 Å². The first kappa shape index (κ1) is 21.3. The first-order valence-corrected chi connectivity index (χ1v) is 11.1. The number of hydrogen-bond donors (Lipinski definition) is 0. The minimum Gasteiger partial charge on any atom is -0.378 e. The molecule has 1 fully saturated rings. The van der Waals surface area contributed by atoms with Crippen LogP contribution in [-0.4, -0.2) is 60.6 Å². The average Bonchev–Trinajstić information content (AvgIpc) is 3.55. The SMILES string of the molecule is FC(F)n1c(-c2ccncc2)nc2c(N3CCOCC3)nc(-n3cc(-c4ccccc4)cn3)nc21. The molecule has 0 atom stereocenters. The highest BCUT2D eigenvalue weighted by atomic mass is 19.3. The van der Waals surface area contributed by atoms with Gasteiger partial charge in [0.2, 0.25) is 0 Å². The van der Waals surface area contributed by atoms with Gasteiger partial charge in [0.05, 0.1) is 19.4 Å². The summed E-state index contributed by atoms with van der Waals surface area (Å²) in [7, 11) is 0. The molecule has 0 N–H and O–H groups in total. The number of pyridine rings is 1. The first-order chi connectivity index (χ1) is 17.2. The molecular formula is C24H20F2N8O. The number of alkyl halides is 2. The topological polar surface area (TPSA) is 86.8 Å². The van der Waals surface area contributed by atoms with Gasteiger partial charge in [0, 0.05) is 42.8 Å². The van der Waals surface area contributed by atoms with Crippen molar-refractivity contribution in [2.75, 3.05) is 31.2 Å². The smallest absolute Gasteiger partial charge is 0.321 e. The Kier molecular flexibility index (Phi) is 5.38. The molecule has 9 nitrogen and oxygen atoms in total. The molecule has 1 saturated heterocycles. The summed E-state index contributed by atoms with van der Waals surface area (Å²) in [6, 6.07) is 13.0. The maximum absolute atomic E-state index is 14.4. The molecule has 5 heterocycles. The number of morpholine rings is 1. The van der Waals surface area contributed by atoms with E-state index in [0.717, 1.165) is 15.7 Å². The number of anilines is 1. The van der Waals surface area contributed by atoms with Crippen LogP contribution >= 0.6 is 0 Å². The van der Waals surface area contributed by atoms with E-state index in [-0.39, 0.29) is 17.4 Å². The van der Waals surface area contributed by atoms with E-state index in [2.05, 4.69) is 20.1 Å². The van der Waals surface area contributed by atoms with Gasteiger partial charge >= 0.3 is 6.55 Å². The van der Waals surface area contributed by atoms with Crippen molar-refractivity contribution in [3.63, 3.8) is 0 Å². The Morgan fingerprint density at radius 1 is 0.857 bits per heavy atom. The first-order valence-electron chi connectivity index (χ1n) is 11.1. The molecule has 1 aliphatic heterocycles. The number of benzene rings is 1. The highest BCUT2D eigenvalue weighted by Crippen LogP contribution is 2.33. The molecule has 11 heteroatoms. The van der Waals surface area contributed by atoms with Crippen molar-refractivity contribution in [3.8, 4) is 28.5 Å². The van der Waals surface area contributed by atoms with Gasteiger partial charge in [-0.3, -0.25) is 4.98 Å². The predicted octanol–water partition coefficient (Wildman–Crippen LogP) is 3.97. The van der Waals surface area contributed by atoms with Gasteiger partial charge < -0.3 is 9.64 Å². The van der Waals surface area contributed by atoms with Crippen LogP contribution in [0.15, 0.2) is 67.3 Å². The third kappa shape index (κ3) is 3.89. The lowest BCUT2D eigenvalue weighted by molar-refractivity contribution is 0.0758. The number of fused-ring (bicyclic) bond motifs is 1. The Morgan fingerprint density at radius 2 is 1.63 bits per heavy atom. The third-order valence-electron chi connectivity index (χ3n) is 5.85. The van der Waals surface area contributed by atoms with Crippen molar-refractivity contribution in [2.24, 2.45) is 0 Å². The maximum atomic E-state index is 14.4. The zero-order chi connectivity index (χ0) is 23.8. The molecule has 0 aliphatic carbocycles. The second-order valence-corrected chi connectivity index (χ2v) is 7.98. The average molecular weight is 474 g/mol. The molecule has 1 aliphatic rings. The lowest BCUT2D eigenvalue weighted by Crippen LogP contribution is -2.37. The van der Waals surface area contributed by atoms with E-state index in [0.29, 0.717) is 43.2 Å². The summed E-state index contributed by atoms with van der Waals surface area (Å²) in [6.45, 7) is -0.722. The number of nitrogens with zero attached hydrogens (tertiary/aromatic N) is 8. The fraction of sp³-hybridized carbons (Fsp3) is 0.208. The molecule has 35 heavy (non-hydrogen) atoms. The molecule has 0 unspecified atom stereocenters. The van der Waals surface area contributed by atoms with E-state index < -0.39 is 6.55 Å². The fourth-order valence-corrected chi connectivity index (χ4v) is 4.15. The van der Waals surface area contributed by atoms with E-state index in [9.17, 15) is 8.78 Å². The summed E-state index contributed by atoms with van der Waals surface area (Å²) in [4.78, 5) is 19.8. The third-order valence-corrected chi connectivity index (χ3v) is 5.85. The Hall–Kier alpha value is -4.25. The van der Waals surface area contributed by atoms with E-state index in [1.54, 1.807) is 36.9 Å². The highest BCUT2D eigenvalue weighted by molar-refractivity contribution is 5.88. The van der Waals surface area contributed by atoms with Gasteiger partial charge in [0.25, 0.3) is 5.95 Å². The predicted molar refractivity (Wildman–Crippen MR) is 125 cm³/mol. The molecular weight excluding hydrogens is 454 g/mol. The van der Waals surface area contributed by atoms with Crippen LogP contribution in [0, 0.1) is 0 Å². The highest BCUT2D eigenvalue weighted by Gasteiger charge is 2.27. The number of imidazole rings is 1. The van der Waals surface area contributed by atoms with Crippen LogP contribution < -0.4 is 4.90 Å². The molecule has 0 amide bonds. The molecule has 0 radical (unpaired) electrons. The summed E-state index contributed by atoms with van der Waals surface area (Å²) < 4.78 is 36.6. The van der Waals surface area contributed by atoms with Gasteiger partial charge in [0.15, 0.2) is 17.0 Å². The lowest BCUT2D eigenvalue weighted by atomic mass is 10.1. The van der Waals surface area contributed by atoms with Gasteiger partial charge in [-0.15, -0.1) is 0 Å². The minimum absolute atomic E-state index is 0.0371. The molecule has 176 valence electrons. The summed E-state index contributed by atoms with van der Waals surface area (Å²) in [5.74, 6) is 0.757. The Bertz CT molecular complexity index is 1460. The van der Waals surface area contributed by atoms with Gasteiger partial charge in [-0.1, -0.05) is 30.3 Å². The number of hydrogen-bond acceptors (Lipinski definition) is 7. The molecule has 1 aromatic carbocycles. The molecule has 4 aromatic heterocycles. The Balaban J connectivity index is 1.56. The summed E-state index contributed by atoms with van der Waals surface area (Å²) in [5, 5.41) is 4.42. The lowest BCUT2D eigenvalue weighted by Gasteiger charge is -2.28. The Labute approximate surface area is 198 Å². The second-order valence-electron chi connectivity index (χ2n) is 7.98. The van der Waals surface area contributed by atoms with Crippen LogP contribution in [0.2, 0.25) is 0 Å². The molecule has 0 bridgehead atoms. The maximum Gasteiger partial charge on any atom is 0.321 e. The van der Waals surface area contributed by atoms with Crippen molar-refractivity contribution >= 4 is 17.0 Å². The standard InChI is InChI=1S/C24H20F2N8O/c25-23(26)34-20(17-6-8-27-9-7-17)29-19-21(32-10-12-35-13-11-32)30-24(31-22(19)34)33-15-18(14-28-33)16-4-2-1-3-5-16/h1-9,14-15,23H,10-13H2. The van der Waals surface area contributed by atoms with Gasteiger partial charge in [0.1, 0.15) is 5.82 Å². The van der Waals surface area contributed by atoms with Crippen molar-refractivity contribution < 1.29 is 13.5 Å². The quantitative estimate of drug-likeness (QED) is 0.381. The number of rotatable bonds is 5. The number of halogens is 2. The van der Waals surface area contributed by atoms with E-state index >= 15 is 0 Å². The van der Waals surface area contributed by atoms with Crippen LogP contribution in [0.3, 0.4) is 0 Å². The minimum atomic E-state index is -2.86. The van der Waals surface area contributed by atoms with E-state index in [1.807, 2.05) is 35.2 Å². The monoisotopic (exact) mass is 474 g/mol. The largest absolute Gasteiger partial charge is 0.378 e. The van der Waals surface area contributed by atoms with Gasteiger partial charge in [-0.2, -0.15) is 23.8 Å². The van der Waals surface area contributed by atoms with Crippen molar-refractivity contribution in [1.29, 1.82) is 0 Å². The van der Waals surface area contributed by atoms with Crippen LogP contribution in [0.25, 0.3) is 39.6 Å². The van der Waals surface area contributed by atoms with E-state index in [1.165, 1.54) is 4.68 Å². The molecule has 0 saturated carbocycles. The van der Waals surface area contributed by atoms with Crippen LogP contribution in [0.5, 0.6) is 0 Å². The Morgan fingerprint density at radius 3 is 2.37 bits per heavy atom. The molecule has 5 aromatic rings. The van der Waals surface area contributed by atoms with Crippen molar-refractivity contribution in [3.05, 3.63) is 67.3 Å². The normalized spacial score (nSPS) is 14.2. The second kappa shape index (κ2) is 8.84. The number of aromatic nitrogens is 7. The zero-order valence-electron chi connectivity index (χ0n) is 18.5. The van der Waals surface area contributed by atoms with Crippen LogP contribution in [0.1, 0.15) is 6.55 Å². The summed E-state index contributed by atoms with van der Waals surface area (Å²) in [5.41, 5.74) is 2.69. The molecule has 0 spiro atoms. The van der Waals surface area contributed by atoms with E-state index in [4.69, 9.17) is 9.72 Å². The molecule has 6 rings (SSSR count). The van der Waals surface area contributed by atoms with Crippen molar-refractivity contribution in [2.45, 2.75) is 6.55 Å². The van der Waals surface area contributed by atoms with Gasteiger partial charge in [-0.05, 0) is 17.7 Å². The zero-order valence-corrected chi connectivity index (χ0v) is 18.5. The fourth-order valence-electron chi connectivity index (χ4n) is 4.15.